The summed E-state index contributed by atoms with van der Waals surface area (Å²) in [5.41, 5.74) is 0. The molecule has 1 aliphatic heterocycles. The molecule has 1 fully saturated rings. The molecule has 3 heterocycles. The predicted molar refractivity (Wildman–Crippen MR) is 74.0 cm³/mol. The third-order valence-corrected chi connectivity index (χ3v) is 3.57. The predicted octanol–water partition coefficient (Wildman–Crippen LogP) is 0.919. The molecule has 1 N–H and O–H groups in total. The fourth-order valence-electron chi connectivity index (χ4n) is 2.39. The van der Waals surface area contributed by atoms with Gasteiger partial charge in [-0.15, -0.1) is 0 Å². The first kappa shape index (κ1) is 13.3. The molecule has 0 amide bonds. The minimum absolute atomic E-state index is 0.158. The molecular formula is C12H15ClN6O. The summed E-state index contributed by atoms with van der Waals surface area (Å²) in [6, 6.07) is 1.80. The smallest absolute Gasteiger partial charge is 0.256 e. The highest BCUT2D eigenvalue weighted by molar-refractivity contribution is 6.28. The first-order chi connectivity index (χ1) is 9.76. The second-order valence-electron chi connectivity index (χ2n) is 4.77. The number of aliphatic hydroxyl groups excluding tert-OH is 1. The number of hydrogen-bond donors (Lipinski definition) is 1. The minimum atomic E-state index is 0.158. The summed E-state index contributed by atoms with van der Waals surface area (Å²) in [5.74, 6) is 1.45. The maximum atomic E-state index is 9.00. The van der Waals surface area contributed by atoms with E-state index in [0.29, 0.717) is 17.8 Å². The molecule has 2 aromatic heterocycles. The van der Waals surface area contributed by atoms with Gasteiger partial charge in [-0.1, -0.05) is 0 Å². The Morgan fingerprint density at radius 1 is 1.30 bits per heavy atom. The summed E-state index contributed by atoms with van der Waals surface area (Å²) in [4.78, 5) is 14.7. The van der Waals surface area contributed by atoms with Gasteiger partial charge < -0.3 is 10.0 Å². The zero-order valence-corrected chi connectivity index (χ0v) is 11.6. The van der Waals surface area contributed by atoms with E-state index in [-0.39, 0.29) is 11.9 Å². The lowest BCUT2D eigenvalue weighted by atomic mass is 10.1. The monoisotopic (exact) mass is 294 g/mol. The SMILES string of the molecule is OCCC1CCN(c2nc(Cl)nc(-n3cccn3)n2)C1. The van der Waals surface area contributed by atoms with Crippen molar-refractivity contribution in [2.24, 2.45) is 5.92 Å². The maximum absolute atomic E-state index is 9.00. The van der Waals surface area contributed by atoms with Crippen molar-refractivity contribution in [3.8, 4) is 5.95 Å². The molecule has 2 aromatic rings. The van der Waals surface area contributed by atoms with Gasteiger partial charge in [0.1, 0.15) is 0 Å². The molecule has 0 saturated carbocycles. The van der Waals surface area contributed by atoms with E-state index < -0.39 is 0 Å². The van der Waals surface area contributed by atoms with E-state index >= 15 is 0 Å². The summed E-state index contributed by atoms with van der Waals surface area (Å²) in [6.45, 7) is 1.91. The van der Waals surface area contributed by atoms with Gasteiger partial charge in [-0.3, -0.25) is 0 Å². The van der Waals surface area contributed by atoms with E-state index in [0.717, 1.165) is 25.9 Å². The Balaban J connectivity index is 1.84. The first-order valence-corrected chi connectivity index (χ1v) is 6.91. The lowest BCUT2D eigenvalue weighted by Gasteiger charge is -2.16. The van der Waals surface area contributed by atoms with Crippen LogP contribution in [0.2, 0.25) is 5.28 Å². The van der Waals surface area contributed by atoms with Crippen molar-refractivity contribution in [3.05, 3.63) is 23.7 Å². The van der Waals surface area contributed by atoms with Gasteiger partial charge in [-0.05, 0) is 36.4 Å². The van der Waals surface area contributed by atoms with Crippen molar-refractivity contribution < 1.29 is 5.11 Å². The largest absolute Gasteiger partial charge is 0.396 e. The van der Waals surface area contributed by atoms with E-state index in [9.17, 15) is 0 Å². The van der Waals surface area contributed by atoms with Crippen LogP contribution in [-0.4, -0.2) is 49.5 Å². The summed E-state index contributed by atoms with van der Waals surface area (Å²) in [7, 11) is 0. The first-order valence-electron chi connectivity index (χ1n) is 6.53. The summed E-state index contributed by atoms with van der Waals surface area (Å²) >= 11 is 5.97. The van der Waals surface area contributed by atoms with Crippen LogP contribution >= 0.6 is 11.6 Å². The van der Waals surface area contributed by atoms with Gasteiger partial charge in [0.25, 0.3) is 5.95 Å². The molecule has 7 nitrogen and oxygen atoms in total. The highest BCUT2D eigenvalue weighted by Gasteiger charge is 2.25. The lowest BCUT2D eigenvalue weighted by Crippen LogP contribution is -2.23. The van der Waals surface area contributed by atoms with E-state index in [1.165, 1.54) is 0 Å². The third-order valence-electron chi connectivity index (χ3n) is 3.40. The number of hydrogen-bond acceptors (Lipinski definition) is 6. The highest BCUT2D eigenvalue weighted by atomic mass is 35.5. The van der Waals surface area contributed by atoms with Gasteiger partial charge in [0, 0.05) is 32.1 Å². The average molecular weight is 295 g/mol. The molecular weight excluding hydrogens is 280 g/mol. The van der Waals surface area contributed by atoms with Crippen molar-refractivity contribution in [2.75, 3.05) is 24.6 Å². The van der Waals surface area contributed by atoms with Crippen molar-refractivity contribution in [1.82, 2.24) is 24.7 Å². The number of aromatic nitrogens is 5. The van der Waals surface area contributed by atoms with Crippen molar-refractivity contribution in [1.29, 1.82) is 0 Å². The maximum Gasteiger partial charge on any atom is 0.256 e. The fourth-order valence-corrected chi connectivity index (χ4v) is 2.54. The second-order valence-corrected chi connectivity index (χ2v) is 5.11. The lowest BCUT2D eigenvalue weighted by molar-refractivity contribution is 0.263. The molecule has 0 radical (unpaired) electrons. The quantitative estimate of drug-likeness (QED) is 0.903. The van der Waals surface area contributed by atoms with Gasteiger partial charge in [-0.25, -0.2) is 4.68 Å². The van der Waals surface area contributed by atoms with Crippen LogP contribution in [0.15, 0.2) is 18.5 Å². The van der Waals surface area contributed by atoms with Crippen LogP contribution < -0.4 is 4.90 Å². The van der Waals surface area contributed by atoms with Gasteiger partial charge in [0.2, 0.25) is 11.2 Å². The molecule has 1 aliphatic rings. The zero-order valence-electron chi connectivity index (χ0n) is 10.9. The van der Waals surface area contributed by atoms with Crippen LogP contribution in [0.5, 0.6) is 0 Å². The Morgan fingerprint density at radius 2 is 2.15 bits per heavy atom. The summed E-state index contributed by atoms with van der Waals surface area (Å²) < 4.78 is 1.55. The normalized spacial score (nSPS) is 18.7. The molecule has 8 heteroatoms. The molecule has 3 rings (SSSR count). The Labute approximate surface area is 121 Å². The third kappa shape index (κ3) is 2.73. The zero-order chi connectivity index (χ0) is 13.9. The van der Waals surface area contributed by atoms with E-state index in [4.69, 9.17) is 16.7 Å². The molecule has 106 valence electrons. The summed E-state index contributed by atoms with van der Waals surface area (Å²) in [5, 5.41) is 13.3. The Bertz CT molecular complexity index is 575. The van der Waals surface area contributed by atoms with Crippen LogP contribution in [-0.2, 0) is 0 Å². The number of nitrogens with zero attached hydrogens (tertiary/aromatic N) is 6. The standard InChI is InChI=1S/C12H15ClN6O/c13-10-15-11(18-6-2-9(8-18)3-7-20)17-12(16-10)19-5-1-4-14-19/h1,4-5,9,20H,2-3,6-8H2. The van der Waals surface area contributed by atoms with Crippen molar-refractivity contribution in [3.63, 3.8) is 0 Å². The van der Waals surface area contributed by atoms with E-state index in [1.807, 2.05) is 0 Å². The number of aliphatic hydroxyl groups is 1. The van der Waals surface area contributed by atoms with Crippen LogP contribution in [0.4, 0.5) is 5.95 Å². The summed E-state index contributed by atoms with van der Waals surface area (Å²) in [6.07, 6.45) is 5.25. The van der Waals surface area contributed by atoms with Crippen LogP contribution in [0.1, 0.15) is 12.8 Å². The molecule has 0 aromatic carbocycles. The topological polar surface area (TPSA) is 80.0 Å². The van der Waals surface area contributed by atoms with Gasteiger partial charge in [-0.2, -0.15) is 20.1 Å². The Hall–Kier alpha value is -1.73. The Kier molecular flexibility index (Phi) is 3.79. The number of rotatable bonds is 4. The average Bonchev–Trinajstić information content (AvgIpc) is 3.09. The van der Waals surface area contributed by atoms with Crippen LogP contribution in [0.3, 0.4) is 0 Å². The molecule has 1 atom stereocenters. The molecule has 0 bridgehead atoms. The molecule has 1 saturated heterocycles. The second kappa shape index (κ2) is 5.72. The van der Waals surface area contributed by atoms with Crippen molar-refractivity contribution >= 4 is 17.5 Å². The van der Waals surface area contributed by atoms with Crippen LogP contribution in [0.25, 0.3) is 5.95 Å². The van der Waals surface area contributed by atoms with Gasteiger partial charge in [0.15, 0.2) is 0 Å². The number of halogens is 1. The van der Waals surface area contributed by atoms with Crippen molar-refractivity contribution in [2.45, 2.75) is 12.8 Å². The fraction of sp³-hybridized carbons (Fsp3) is 0.500. The van der Waals surface area contributed by atoms with Gasteiger partial charge in [0.05, 0.1) is 0 Å². The number of anilines is 1. The highest BCUT2D eigenvalue weighted by Crippen LogP contribution is 2.23. The molecule has 0 spiro atoms. The van der Waals surface area contributed by atoms with Gasteiger partial charge >= 0.3 is 0 Å². The van der Waals surface area contributed by atoms with Crippen LogP contribution in [0, 0.1) is 5.92 Å². The molecule has 20 heavy (non-hydrogen) atoms. The molecule has 1 unspecified atom stereocenters. The van der Waals surface area contributed by atoms with E-state index in [2.05, 4.69) is 25.0 Å². The minimum Gasteiger partial charge on any atom is -0.396 e. The Morgan fingerprint density at radius 3 is 2.90 bits per heavy atom. The molecule has 0 aliphatic carbocycles. The van der Waals surface area contributed by atoms with E-state index in [1.54, 1.807) is 23.1 Å².